The Balaban J connectivity index is 1.55. The number of phenols is 1. The third-order valence-corrected chi connectivity index (χ3v) is 7.48. The maximum atomic E-state index is 13.5. The van der Waals surface area contributed by atoms with Crippen molar-refractivity contribution in [1.29, 1.82) is 0 Å². The van der Waals surface area contributed by atoms with Gasteiger partial charge in [0.1, 0.15) is 22.8 Å². The van der Waals surface area contributed by atoms with Crippen molar-refractivity contribution in [1.82, 2.24) is 4.90 Å². The number of Topliss-reactive ketones (excluding diaryl/α,β-unsaturated/α-hetero) is 2. The minimum Gasteiger partial charge on any atom is -0.508 e. The molecule has 1 aromatic rings. The van der Waals surface area contributed by atoms with Crippen molar-refractivity contribution in [2.24, 2.45) is 17.6 Å². The van der Waals surface area contributed by atoms with Crippen LogP contribution in [0.15, 0.2) is 29.0 Å². The summed E-state index contributed by atoms with van der Waals surface area (Å²) >= 11 is 0. The number of carbonyl (C=O) groups is 4. The number of ether oxygens (including phenoxy) is 1. The first-order valence-corrected chi connectivity index (χ1v) is 11.5. The molecule has 1 heterocycles. The maximum Gasteiger partial charge on any atom is 0.322 e. The van der Waals surface area contributed by atoms with Crippen LogP contribution in [0.3, 0.4) is 0 Å². The van der Waals surface area contributed by atoms with E-state index in [4.69, 9.17) is 10.5 Å². The molecular weight excluding hydrogens is 474 g/mol. The Morgan fingerprint density at radius 3 is 2.47 bits per heavy atom. The zero-order valence-electron chi connectivity index (χ0n) is 19.1. The number of anilines is 1. The number of phenolic OH excluding ortho intramolecular Hbond substituents is 1. The highest BCUT2D eigenvalue weighted by Gasteiger charge is 2.60. The van der Waals surface area contributed by atoms with Crippen molar-refractivity contribution in [3.63, 3.8) is 0 Å². The molecule has 3 aliphatic carbocycles. The number of amides is 3. The second-order valence-electron chi connectivity index (χ2n) is 9.43. The van der Waals surface area contributed by atoms with Gasteiger partial charge in [-0.05, 0) is 30.4 Å². The monoisotopic (exact) mass is 499 g/mol. The summed E-state index contributed by atoms with van der Waals surface area (Å²) in [6.07, 6.45) is -0.126. The second-order valence-corrected chi connectivity index (χ2v) is 9.43. The van der Waals surface area contributed by atoms with E-state index in [1.165, 1.54) is 11.0 Å². The van der Waals surface area contributed by atoms with Gasteiger partial charge >= 0.3 is 6.03 Å². The number of aliphatic hydroxyl groups excluding tert-OH is 2. The van der Waals surface area contributed by atoms with Crippen LogP contribution in [-0.2, 0) is 25.5 Å². The third-order valence-electron chi connectivity index (χ3n) is 7.48. The van der Waals surface area contributed by atoms with Crippen LogP contribution in [0.25, 0.3) is 5.76 Å². The van der Waals surface area contributed by atoms with Gasteiger partial charge in [0.05, 0.1) is 24.5 Å². The van der Waals surface area contributed by atoms with Crippen molar-refractivity contribution in [2.45, 2.75) is 24.9 Å². The standard InChI is InChI=1S/C24H25N3O9/c25-22(33)17-14(28)9-12-8-11-7-10-1-2-13(26-23(34)27-3-5-36-6-4-27)18(29)15(10)19(30)16(11)20(31)24(12,35)21(17)32/h1-2,11-12,29-30,32,35H,3-9H2,(H2,25,33)(H,26,34)/t11?,12-,24-/m0/s1. The number of morpholine rings is 1. The topological polar surface area (TPSA) is 200 Å². The van der Waals surface area contributed by atoms with Gasteiger partial charge in [-0.15, -0.1) is 0 Å². The molecule has 2 fully saturated rings. The van der Waals surface area contributed by atoms with Crippen molar-refractivity contribution in [2.75, 3.05) is 31.6 Å². The Kier molecular flexibility index (Phi) is 5.52. The molecule has 7 N–H and O–H groups in total. The van der Waals surface area contributed by atoms with Gasteiger partial charge in [0.2, 0.25) is 5.78 Å². The number of rotatable bonds is 2. The molecule has 36 heavy (non-hydrogen) atoms. The lowest BCUT2D eigenvalue weighted by Crippen LogP contribution is -2.58. The SMILES string of the molecule is NC(=O)C1=C(O)[C@@]2(O)C(=O)C3=C(O)c4c(ccc(NC(=O)N5CCOCC5)c4O)CC3C[C@H]2CC1=O. The highest BCUT2D eigenvalue weighted by atomic mass is 16.5. The van der Waals surface area contributed by atoms with Gasteiger partial charge in [-0.25, -0.2) is 4.79 Å². The normalized spacial score (nSPS) is 27.9. The predicted molar refractivity (Wildman–Crippen MR) is 123 cm³/mol. The van der Waals surface area contributed by atoms with Crippen LogP contribution < -0.4 is 11.1 Å². The minimum absolute atomic E-state index is 0.0118. The van der Waals surface area contributed by atoms with Crippen LogP contribution in [0.5, 0.6) is 5.75 Å². The number of ketones is 2. The summed E-state index contributed by atoms with van der Waals surface area (Å²) in [5, 5.41) is 46.5. The number of fused-ring (bicyclic) bond motifs is 3. The number of carbonyl (C=O) groups excluding carboxylic acids is 4. The van der Waals surface area contributed by atoms with E-state index in [0.717, 1.165) is 0 Å². The largest absolute Gasteiger partial charge is 0.508 e. The summed E-state index contributed by atoms with van der Waals surface area (Å²) in [6, 6.07) is 2.63. The molecule has 3 amide bonds. The van der Waals surface area contributed by atoms with Crippen LogP contribution in [0, 0.1) is 11.8 Å². The summed E-state index contributed by atoms with van der Waals surface area (Å²) < 4.78 is 5.22. The van der Waals surface area contributed by atoms with E-state index in [0.29, 0.717) is 31.9 Å². The lowest BCUT2D eigenvalue weighted by Gasteiger charge is -2.46. The number of aromatic hydroxyl groups is 1. The van der Waals surface area contributed by atoms with Crippen LogP contribution in [0.2, 0.25) is 0 Å². The highest BCUT2D eigenvalue weighted by molar-refractivity contribution is 6.22. The molecule has 190 valence electrons. The lowest BCUT2D eigenvalue weighted by molar-refractivity contribution is -0.147. The molecular formula is C24H25N3O9. The number of hydrogen-bond acceptors (Lipinski definition) is 9. The molecule has 12 heteroatoms. The lowest BCUT2D eigenvalue weighted by atomic mass is 9.59. The molecule has 1 saturated carbocycles. The summed E-state index contributed by atoms with van der Waals surface area (Å²) in [7, 11) is 0. The molecule has 1 saturated heterocycles. The molecule has 3 atom stereocenters. The summed E-state index contributed by atoms with van der Waals surface area (Å²) in [6.45, 7) is 1.51. The average molecular weight is 499 g/mol. The first-order chi connectivity index (χ1) is 17.1. The maximum absolute atomic E-state index is 13.5. The third kappa shape index (κ3) is 3.36. The number of nitrogens with two attached hydrogens (primary N) is 1. The molecule has 1 unspecified atom stereocenters. The van der Waals surface area contributed by atoms with Gasteiger partial charge in [-0.1, -0.05) is 6.07 Å². The number of aliphatic hydroxyl groups is 3. The van der Waals surface area contributed by atoms with Gasteiger partial charge in [-0.2, -0.15) is 0 Å². The second kappa shape index (κ2) is 8.35. The number of nitrogens with zero attached hydrogens (tertiary/aromatic N) is 1. The fourth-order valence-electron chi connectivity index (χ4n) is 5.66. The minimum atomic E-state index is -2.62. The fraction of sp³-hybridized carbons (Fsp3) is 0.417. The van der Waals surface area contributed by atoms with Gasteiger partial charge < -0.3 is 41.1 Å². The van der Waals surface area contributed by atoms with Crippen molar-refractivity contribution in [3.05, 3.63) is 40.2 Å². The Labute approximate surface area is 204 Å². The van der Waals surface area contributed by atoms with Crippen molar-refractivity contribution >= 4 is 35.0 Å². The molecule has 1 aromatic carbocycles. The van der Waals surface area contributed by atoms with E-state index in [9.17, 15) is 39.6 Å². The molecule has 1 aliphatic heterocycles. The van der Waals surface area contributed by atoms with E-state index >= 15 is 0 Å². The zero-order chi connectivity index (χ0) is 25.9. The van der Waals surface area contributed by atoms with Gasteiger partial charge in [0, 0.05) is 31.0 Å². The molecule has 12 nitrogen and oxygen atoms in total. The van der Waals surface area contributed by atoms with E-state index in [2.05, 4.69) is 5.32 Å². The Morgan fingerprint density at radius 2 is 1.81 bits per heavy atom. The molecule has 0 bridgehead atoms. The number of hydrogen-bond donors (Lipinski definition) is 6. The summed E-state index contributed by atoms with van der Waals surface area (Å²) in [4.78, 5) is 51.7. The number of benzene rings is 1. The number of nitrogens with one attached hydrogen (secondary N) is 1. The predicted octanol–water partition coefficient (Wildman–Crippen LogP) is 0.288. The highest BCUT2D eigenvalue weighted by Crippen LogP contribution is 2.52. The van der Waals surface area contributed by atoms with E-state index in [1.54, 1.807) is 6.07 Å². The molecule has 0 spiro atoms. The molecule has 4 aliphatic rings. The summed E-state index contributed by atoms with van der Waals surface area (Å²) in [5.74, 6) is -6.94. The number of primary amides is 1. The van der Waals surface area contributed by atoms with Crippen molar-refractivity contribution in [3.8, 4) is 5.75 Å². The molecule has 0 radical (unpaired) electrons. The van der Waals surface area contributed by atoms with Crippen LogP contribution in [0.1, 0.15) is 24.0 Å². The Morgan fingerprint density at radius 1 is 1.11 bits per heavy atom. The fourth-order valence-corrected chi connectivity index (χ4v) is 5.66. The Hall–Kier alpha value is -3.90. The smallest absolute Gasteiger partial charge is 0.322 e. The van der Waals surface area contributed by atoms with E-state index in [1.807, 2.05) is 0 Å². The van der Waals surface area contributed by atoms with Crippen molar-refractivity contribution < 1.29 is 44.3 Å². The summed E-state index contributed by atoms with van der Waals surface area (Å²) in [5.41, 5.74) is 1.92. The van der Waals surface area contributed by atoms with Crippen LogP contribution >= 0.6 is 0 Å². The zero-order valence-corrected chi connectivity index (χ0v) is 19.1. The van der Waals surface area contributed by atoms with Crippen LogP contribution in [-0.4, -0.2) is 80.7 Å². The van der Waals surface area contributed by atoms with Gasteiger partial charge in [-0.3, -0.25) is 14.4 Å². The quantitative estimate of drug-likeness (QED) is 0.244. The average Bonchev–Trinajstić information content (AvgIpc) is 2.83. The van der Waals surface area contributed by atoms with Gasteiger partial charge in [0.15, 0.2) is 11.4 Å². The van der Waals surface area contributed by atoms with Crippen LogP contribution in [0.4, 0.5) is 10.5 Å². The van der Waals surface area contributed by atoms with E-state index in [-0.39, 0.29) is 36.1 Å². The first-order valence-electron chi connectivity index (χ1n) is 11.5. The number of urea groups is 1. The molecule has 5 rings (SSSR count). The first kappa shape index (κ1) is 23.8. The van der Waals surface area contributed by atoms with E-state index < -0.39 is 63.8 Å². The van der Waals surface area contributed by atoms with Gasteiger partial charge in [0.25, 0.3) is 5.91 Å². The Bertz CT molecular complexity index is 1280. The molecule has 0 aromatic heterocycles.